The Labute approximate surface area is 175 Å². The van der Waals surface area contributed by atoms with Crippen molar-refractivity contribution in [1.29, 1.82) is 0 Å². The maximum atomic E-state index is 13.5. The van der Waals surface area contributed by atoms with Crippen LogP contribution in [0.3, 0.4) is 0 Å². The summed E-state index contributed by atoms with van der Waals surface area (Å²) in [5.41, 5.74) is 0.824. The van der Waals surface area contributed by atoms with Gasteiger partial charge in [0.2, 0.25) is 0 Å². The lowest BCUT2D eigenvalue weighted by Gasteiger charge is -2.25. The lowest BCUT2D eigenvalue weighted by molar-refractivity contribution is -0.140. The first kappa shape index (κ1) is 19.4. The van der Waals surface area contributed by atoms with Crippen LogP contribution in [-0.4, -0.2) is 21.7 Å². The van der Waals surface area contributed by atoms with E-state index in [1.165, 1.54) is 46.6 Å². The number of hydrogen-bond donors (Lipinski definition) is 1. The predicted octanol–water partition coefficient (Wildman–Crippen LogP) is 5.16. The number of thiophene rings is 1. The van der Waals surface area contributed by atoms with Gasteiger partial charge in [-0.25, -0.2) is 4.39 Å². The fourth-order valence-electron chi connectivity index (χ4n) is 3.40. The summed E-state index contributed by atoms with van der Waals surface area (Å²) in [6, 6.07) is 14.9. The molecule has 1 amide bonds. The number of benzene rings is 2. The molecule has 0 bridgehead atoms. The van der Waals surface area contributed by atoms with Gasteiger partial charge < -0.3 is 10.0 Å². The van der Waals surface area contributed by atoms with Gasteiger partial charge in [-0.05, 0) is 41.3 Å². The Hall–Kier alpha value is -2.96. The molecule has 1 atom stereocenters. The Morgan fingerprint density at radius 1 is 1.10 bits per heavy atom. The predicted molar refractivity (Wildman–Crippen MR) is 110 cm³/mol. The van der Waals surface area contributed by atoms with E-state index in [9.17, 15) is 19.1 Å². The van der Waals surface area contributed by atoms with Crippen LogP contribution in [0.15, 0.2) is 71.6 Å². The van der Waals surface area contributed by atoms with Crippen LogP contribution in [0.25, 0.3) is 5.76 Å². The van der Waals surface area contributed by atoms with E-state index < -0.39 is 23.5 Å². The van der Waals surface area contributed by atoms with Crippen LogP contribution in [0.1, 0.15) is 22.0 Å². The number of carbonyl (C=O) groups excluding carboxylic acids is 2. The van der Waals surface area contributed by atoms with E-state index in [4.69, 9.17) is 11.6 Å². The van der Waals surface area contributed by atoms with Crippen LogP contribution in [-0.2, 0) is 16.1 Å². The Balaban J connectivity index is 1.87. The van der Waals surface area contributed by atoms with E-state index in [0.717, 1.165) is 4.88 Å². The van der Waals surface area contributed by atoms with E-state index in [0.29, 0.717) is 16.1 Å². The number of carbonyl (C=O) groups is 2. The normalized spacial score (nSPS) is 18.4. The Kier molecular flexibility index (Phi) is 5.22. The van der Waals surface area contributed by atoms with Crippen LogP contribution < -0.4 is 0 Å². The lowest BCUT2D eigenvalue weighted by Crippen LogP contribution is -2.28. The smallest absolute Gasteiger partial charge is 0.295 e. The third-order valence-electron chi connectivity index (χ3n) is 4.73. The summed E-state index contributed by atoms with van der Waals surface area (Å²) in [6.45, 7) is 0.205. The van der Waals surface area contributed by atoms with Crippen molar-refractivity contribution in [3.05, 3.63) is 98.5 Å². The molecule has 1 aliphatic heterocycles. The minimum absolute atomic E-state index is 0.0413. The second-order valence-electron chi connectivity index (χ2n) is 6.57. The molecule has 146 valence electrons. The third kappa shape index (κ3) is 3.69. The highest BCUT2D eigenvalue weighted by Gasteiger charge is 2.46. The molecule has 1 aliphatic rings. The number of nitrogens with zero attached hydrogens (tertiary/aromatic N) is 1. The molecule has 2 heterocycles. The molecule has 1 saturated heterocycles. The highest BCUT2D eigenvalue weighted by atomic mass is 35.5. The van der Waals surface area contributed by atoms with Gasteiger partial charge in [0.15, 0.2) is 0 Å². The van der Waals surface area contributed by atoms with Gasteiger partial charge in [0.1, 0.15) is 11.6 Å². The van der Waals surface area contributed by atoms with Crippen molar-refractivity contribution in [2.75, 3.05) is 0 Å². The molecule has 1 N–H and O–H groups in total. The largest absolute Gasteiger partial charge is 0.507 e. The molecule has 0 saturated carbocycles. The molecule has 7 heteroatoms. The standard InChI is InChI=1S/C22H15ClFNO3S/c23-15-4-1-3-14(11-15)20(26)18-19(13-6-8-16(24)9-7-13)25(22(28)21(18)27)12-17-5-2-10-29-17/h1-11,19,26H,12H2/b20-18-. The summed E-state index contributed by atoms with van der Waals surface area (Å²) < 4.78 is 13.5. The van der Waals surface area contributed by atoms with Crippen molar-refractivity contribution in [3.63, 3.8) is 0 Å². The molecule has 4 nitrogen and oxygen atoms in total. The van der Waals surface area contributed by atoms with Crippen molar-refractivity contribution in [1.82, 2.24) is 4.90 Å². The van der Waals surface area contributed by atoms with Gasteiger partial charge in [-0.15, -0.1) is 11.3 Å². The van der Waals surface area contributed by atoms with E-state index in [1.54, 1.807) is 18.2 Å². The molecular formula is C22H15ClFNO3S. The van der Waals surface area contributed by atoms with Crippen LogP contribution >= 0.6 is 22.9 Å². The zero-order valence-corrected chi connectivity index (χ0v) is 16.6. The molecular weight excluding hydrogens is 413 g/mol. The molecule has 1 unspecified atom stereocenters. The summed E-state index contributed by atoms with van der Waals surface area (Å²) in [4.78, 5) is 28.0. The summed E-state index contributed by atoms with van der Waals surface area (Å²) in [6.07, 6.45) is 0. The van der Waals surface area contributed by atoms with Crippen LogP contribution in [0.4, 0.5) is 4.39 Å². The van der Waals surface area contributed by atoms with Gasteiger partial charge in [-0.1, -0.05) is 41.9 Å². The average Bonchev–Trinajstić information content (AvgIpc) is 3.31. The van der Waals surface area contributed by atoms with Gasteiger partial charge in [0, 0.05) is 15.5 Å². The van der Waals surface area contributed by atoms with E-state index >= 15 is 0 Å². The van der Waals surface area contributed by atoms with Gasteiger partial charge in [0.05, 0.1) is 18.2 Å². The monoisotopic (exact) mass is 427 g/mol. The van der Waals surface area contributed by atoms with Gasteiger partial charge in [0.25, 0.3) is 11.7 Å². The first-order valence-corrected chi connectivity index (χ1v) is 10.0. The number of halogens is 2. The van der Waals surface area contributed by atoms with E-state index in [2.05, 4.69) is 0 Å². The first-order valence-electron chi connectivity index (χ1n) is 8.78. The first-order chi connectivity index (χ1) is 14.0. The summed E-state index contributed by atoms with van der Waals surface area (Å²) >= 11 is 7.48. The quantitative estimate of drug-likeness (QED) is 0.355. The lowest BCUT2D eigenvalue weighted by atomic mass is 9.95. The molecule has 0 radical (unpaired) electrons. The van der Waals surface area contributed by atoms with Crippen molar-refractivity contribution in [2.24, 2.45) is 0 Å². The molecule has 0 aliphatic carbocycles. The number of amides is 1. The minimum atomic E-state index is -0.836. The molecule has 29 heavy (non-hydrogen) atoms. The summed E-state index contributed by atoms with van der Waals surface area (Å²) in [7, 11) is 0. The second-order valence-corrected chi connectivity index (χ2v) is 8.04. The van der Waals surface area contributed by atoms with Crippen molar-refractivity contribution in [3.8, 4) is 0 Å². The number of aliphatic hydroxyl groups is 1. The SMILES string of the molecule is O=C1C(=O)N(Cc2cccs2)C(c2ccc(F)cc2)/C1=C(/O)c1cccc(Cl)c1. The fraction of sp³-hybridized carbons (Fsp3) is 0.0909. The molecule has 1 fully saturated rings. The van der Waals surface area contributed by atoms with Gasteiger partial charge in [-0.2, -0.15) is 0 Å². The molecule has 0 spiro atoms. The second kappa shape index (κ2) is 7.81. The van der Waals surface area contributed by atoms with E-state index in [-0.39, 0.29) is 17.9 Å². The molecule has 1 aromatic heterocycles. The Morgan fingerprint density at radius 2 is 1.86 bits per heavy atom. The zero-order chi connectivity index (χ0) is 20.5. The highest BCUT2D eigenvalue weighted by Crippen LogP contribution is 2.40. The van der Waals surface area contributed by atoms with Crippen molar-refractivity contribution in [2.45, 2.75) is 12.6 Å². The number of rotatable bonds is 4. The zero-order valence-electron chi connectivity index (χ0n) is 15.0. The average molecular weight is 428 g/mol. The maximum absolute atomic E-state index is 13.5. The highest BCUT2D eigenvalue weighted by molar-refractivity contribution is 7.09. The van der Waals surface area contributed by atoms with E-state index in [1.807, 2.05) is 17.5 Å². The topological polar surface area (TPSA) is 57.6 Å². The maximum Gasteiger partial charge on any atom is 0.295 e. The van der Waals surface area contributed by atoms with Crippen molar-refractivity contribution < 1.29 is 19.1 Å². The fourth-order valence-corrected chi connectivity index (χ4v) is 4.29. The Bertz CT molecular complexity index is 1110. The minimum Gasteiger partial charge on any atom is -0.507 e. The molecule has 2 aromatic carbocycles. The summed E-state index contributed by atoms with van der Waals surface area (Å²) in [5, 5.41) is 13.2. The molecule has 4 rings (SSSR count). The van der Waals surface area contributed by atoms with Crippen LogP contribution in [0, 0.1) is 5.82 Å². The van der Waals surface area contributed by atoms with Crippen LogP contribution in [0.2, 0.25) is 5.02 Å². The number of likely N-dealkylation sites (tertiary alicyclic amines) is 1. The number of ketones is 1. The Morgan fingerprint density at radius 3 is 2.52 bits per heavy atom. The number of hydrogen-bond acceptors (Lipinski definition) is 4. The number of Topliss-reactive ketones (excluding diaryl/α,β-unsaturated/α-hetero) is 1. The van der Waals surface area contributed by atoms with Crippen molar-refractivity contribution >= 4 is 40.4 Å². The third-order valence-corrected chi connectivity index (χ3v) is 5.83. The molecule has 3 aromatic rings. The van der Waals surface area contributed by atoms with Gasteiger partial charge in [-0.3, -0.25) is 9.59 Å². The number of aliphatic hydroxyl groups excluding tert-OH is 1. The van der Waals surface area contributed by atoms with Crippen LogP contribution in [0.5, 0.6) is 0 Å². The summed E-state index contributed by atoms with van der Waals surface area (Å²) in [5.74, 6) is -2.24. The van der Waals surface area contributed by atoms with Gasteiger partial charge >= 0.3 is 0 Å².